The van der Waals surface area contributed by atoms with Gasteiger partial charge in [0.2, 0.25) is 0 Å². The Morgan fingerprint density at radius 3 is 1.97 bits per heavy atom. The van der Waals surface area contributed by atoms with Gasteiger partial charge in [-0.3, -0.25) is 0 Å². The monoisotopic (exact) mass is 412 g/mol. The van der Waals surface area contributed by atoms with E-state index in [9.17, 15) is 9.46 Å². The summed E-state index contributed by atoms with van der Waals surface area (Å²) in [7, 11) is -3.99. The van der Waals surface area contributed by atoms with E-state index < -0.39 is 7.60 Å². The number of hydrogen-bond acceptors (Lipinski definition) is 2. The maximum atomic E-state index is 13.2. The van der Waals surface area contributed by atoms with Crippen LogP contribution in [0.3, 0.4) is 0 Å². The summed E-state index contributed by atoms with van der Waals surface area (Å²) in [6.45, 7) is 0. The Kier molecular flexibility index (Phi) is 4.78. The van der Waals surface area contributed by atoms with Crippen molar-refractivity contribution in [3.63, 3.8) is 0 Å². The molecule has 0 radical (unpaired) electrons. The first-order chi connectivity index (χ1) is 14.6. The third-order valence-electron chi connectivity index (χ3n) is 5.42. The molecule has 5 rings (SSSR count). The van der Waals surface area contributed by atoms with E-state index >= 15 is 0 Å². The molecular weight excluding hydrogens is 391 g/mol. The average Bonchev–Trinajstić information content (AvgIpc) is 2.74. The van der Waals surface area contributed by atoms with E-state index in [1.54, 1.807) is 6.07 Å². The van der Waals surface area contributed by atoms with E-state index in [0.29, 0.717) is 17.5 Å². The molecule has 0 saturated heterocycles. The first-order valence-corrected chi connectivity index (χ1v) is 11.5. The first kappa shape index (κ1) is 18.9. The lowest BCUT2D eigenvalue weighted by Crippen LogP contribution is -2.22. The second kappa shape index (κ2) is 7.60. The lowest BCUT2D eigenvalue weighted by Gasteiger charge is -2.27. The maximum Gasteiger partial charge on any atom is 0.409 e. The van der Waals surface area contributed by atoms with Crippen LogP contribution in [0, 0.1) is 0 Å². The van der Waals surface area contributed by atoms with Crippen molar-refractivity contribution in [3.8, 4) is 16.9 Å². The Bertz CT molecular complexity index is 1250. The zero-order chi connectivity index (χ0) is 20.6. The Morgan fingerprint density at radius 1 is 0.667 bits per heavy atom. The standard InChI is InChI=1S/C26H21O3P/c27-30(28)26-22(16-20-11-5-2-6-12-20)17-21(15-19-9-3-1-4-10-19)18-24(26)23-13-7-8-14-25(23)29-30/h1-14,17-18H,15-16H2,(H,27,28). The van der Waals surface area contributed by atoms with Crippen LogP contribution in [0.1, 0.15) is 22.3 Å². The van der Waals surface area contributed by atoms with Crippen LogP contribution in [0.5, 0.6) is 5.75 Å². The van der Waals surface area contributed by atoms with Gasteiger partial charge in [-0.05, 0) is 47.2 Å². The molecule has 0 fully saturated rings. The zero-order valence-corrected chi connectivity index (χ0v) is 17.3. The molecule has 0 saturated carbocycles. The fourth-order valence-corrected chi connectivity index (χ4v) is 5.64. The number of rotatable bonds is 4. The topological polar surface area (TPSA) is 46.5 Å². The summed E-state index contributed by atoms with van der Waals surface area (Å²) < 4.78 is 18.8. The van der Waals surface area contributed by atoms with Crippen molar-refractivity contribution in [3.05, 3.63) is 119 Å². The van der Waals surface area contributed by atoms with Crippen LogP contribution in [0.2, 0.25) is 0 Å². The lowest BCUT2D eigenvalue weighted by molar-refractivity contribution is 0.392. The van der Waals surface area contributed by atoms with Crippen molar-refractivity contribution >= 4 is 12.9 Å². The predicted molar refractivity (Wildman–Crippen MR) is 120 cm³/mol. The van der Waals surface area contributed by atoms with Gasteiger partial charge in [0.15, 0.2) is 0 Å². The molecule has 0 aromatic heterocycles. The Morgan fingerprint density at radius 2 is 1.27 bits per heavy atom. The molecule has 3 nitrogen and oxygen atoms in total. The van der Waals surface area contributed by atoms with E-state index in [4.69, 9.17) is 4.52 Å². The van der Waals surface area contributed by atoms with Crippen molar-refractivity contribution in [1.82, 2.24) is 0 Å². The summed E-state index contributed by atoms with van der Waals surface area (Å²) in [5.74, 6) is 0.457. The number of fused-ring (bicyclic) bond motifs is 3. The zero-order valence-electron chi connectivity index (χ0n) is 16.4. The van der Waals surface area contributed by atoms with Gasteiger partial charge in [0.25, 0.3) is 0 Å². The number of para-hydroxylation sites is 1. The van der Waals surface area contributed by atoms with Gasteiger partial charge in [0, 0.05) is 11.1 Å². The molecule has 1 unspecified atom stereocenters. The maximum absolute atomic E-state index is 13.2. The Labute approximate surface area is 176 Å². The minimum absolute atomic E-state index is 0.418. The van der Waals surface area contributed by atoms with E-state index in [-0.39, 0.29) is 0 Å². The highest BCUT2D eigenvalue weighted by molar-refractivity contribution is 7.62. The van der Waals surface area contributed by atoms with Crippen molar-refractivity contribution in [2.24, 2.45) is 0 Å². The summed E-state index contributed by atoms with van der Waals surface area (Å²) in [6.07, 6.45) is 1.33. The molecule has 0 bridgehead atoms. The van der Waals surface area contributed by atoms with Gasteiger partial charge in [0.1, 0.15) is 5.75 Å². The van der Waals surface area contributed by atoms with Crippen LogP contribution in [0.4, 0.5) is 0 Å². The van der Waals surface area contributed by atoms with E-state index in [0.717, 1.165) is 34.2 Å². The third-order valence-corrected chi connectivity index (χ3v) is 6.96. The lowest BCUT2D eigenvalue weighted by atomic mass is 9.93. The Balaban J connectivity index is 1.71. The van der Waals surface area contributed by atoms with Gasteiger partial charge < -0.3 is 9.42 Å². The fourth-order valence-electron chi connectivity index (χ4n) is 4.13. The molecule has 0 amide bonds. The van der Waals surface area contributed by atoms with Crippen LogP contribution in [0.15, 0.2) is 97.1 Å². The van der Waals surface area contributed by atoms with Gasteiger partial charge in [-0.25, -0.2) is 4.57 Å². The molecule has 0 spiro atoms. The van der Waals surface area contributed by atoms with Crippen molar-refractivity contribution in [2.45, 2.75) is 12.8 Å². The molecule has 0 aliphatic carbocycles. The minimum Gasteiger partial charge on any atom is -0.421 e. The SMILES string of the molecule is O=P1(O)Oc2ccccc2-c2cc(Cc3ccccc3)cc(Cc3ccccc3)c21. The molecule has 4 aromatic rings. The van der Waals surface area contributed by atoms with E-state index in [2.05, 4.69) is 18.2 Å². The molecule has 1 atom stereocenters. The minimum atomic E-state index is -3.99. The highest BCUT2D eigenvalue weighted by Crippen LogP contribution is 2.53. The smallest absolute Gasteiger partial charge is 0.409 e. The average molecular weight is 412 g/mol. The summed E-state index contributed by atoms with van der Waals surface area (Å²) in [4.78, 5) is 10.8. The Hall–Kier alpha value is -3.13. The second-order valence-corrected chi connectivity index (χ2v) is 9.25. The quantitative estimate of drug-likeness (QED) is 0.435. The van der Waals surface area contributed by atoms with E-state index in [1.165, 1.54) is 5.56 Å². The normalized spacial score (nSPS) is 17.0. The number of benzene rings is 4. The molecule has 1 N–H and O–H groups in total. The summed E-state index contributed by atoms with van der Waals surface area (Å²) in [5, 5.41) is 0.418. The first-order valence-electron chi connectivity index (χ1n) is 9.96. The highest BCUT2D eigenvalue weighted by Gasteiger charge is 2.37. The largest absolute Gasteiger partial charge is 0.421 e. The van der Waals surface area contributed by atoms with Crippen molar-refractivity contribution in [2.75, 3.05) is 0 Å². The van der Waals surface area contributed by atoms with Crippen LogP contribution in [-0.2, 0) is 17.4 Å². The van der Waals surface area contributed by atoms with Gasteiger partial charge in [-0.15, -0.1) is 0 Å². The summed E-state index contributed by atoms with van der Waals surface area (Å²) >= 11 is 0. The fraction of sp³-hybridized carbons (Fsp3) is 0.0769. The number of hydrogen-bond donors (Lipinski definition) is 1. The van der Waals surface area contributed by atoms with Crippen molar-refractivity contribution < 1.29 is 14.0 Å². The van der Waals surface area contributed by atoms with Gasteiger partial charge >= 0.3 is 7.60 Å². The molecule has 1 heterocycles. The van der Waals surface area contributed by atoms with Crippen LogP contribution >= 0.6 is 7.60 Å². The molecule has 4 aromatic carbocycles. The van der Waals surface area contributed by atoms with Crippen LogP contribution in [-0.4, -0.2) is 4.89 Å². The van der Waals surface area contributed by atoms with Gasteiger partial charge in [-0.2, -0.15) is 0 Å². The highest BCUT2D eigenvalue weighted by atomic mass is 31.2. The predicted octanol–water partition coefficient (Wildman–Crippen LogP) is 5.74. The molecule has 30 heavy (non-hydrogen) atoms. The van der Waals surface area contributed by atoms with Crippen molar-refractivity contribution in [1.29, 1.82) is 0 Å². The molecule has 1 aliphatic heterocycles. The van der Waals surface area contributed by atoms with Gasteiger partial charge in [-0.1, -0.05) is 84.9 Å². The van der Waals surface area contributed by atoms with Crippen LogP contribution in [0.25, 0.3) is 11.1 Å². The summed E-state index contributed by atoms with van der Waals surface area (Å²) in [6, 6.07) is 31.8. The van der Waals surface area contributed by atoms with Gasteiger partial charge in [0.05, 0.1) is 5.30 Å². The third kappa shape index (κ3) is 3.59. The molecule has 4 heteroatoms. The molecular formula is C26H21O3P. The van der Waals surface area contributed by atoms with E-state index in [1.807, 2.05) is 72.8 Å². The van der Waals surface area contributed by atoms with Crippen LogP contribution < -0.4 is 9.83 Å². The molecule has 1 aliphatic rings. The second-order valence-electron chi connectivity index (χ2n) is 7.58. The molecule has 148 valence electrons. The summed E-state index contributed by atoms with van der Waals surface area (Å²) in [5.41, 5.74) is 5.90.